The second-order valence-electron chi connectivity index (χ2n) is 12.3. The standard InChI is InChI=1S/C26H46O10S3/c1-17-3-12-22(15-25(17)37-36-35-27)38(28,29)23-13-14-24(26(16-23)39(30,31)32)34-21-10-6-19(7-11-21)18-4-8-20(33-2)9-5-18/h17-27H,3-16H2,1-2H3,(H,30,31,32). The van der Waals surface area contributed by atoms with Crippen molar-refractivity contribution in [3.63, 3.8) is 0 Å². The van der Waals surface area contributed by atoms with Gasteiger partial charge in [0, 0.05) is 24.4 Å². The van der Waals surface area contributed by atoms with Crippen molar-refractivity contribution in [2.45, 2.75) is 136 Å². The van der Waals surface area contributed by atoms with Gasteiger partial charge in [-0.05, 0) is 108 Å². The third kappa shape index (κ3) is 8.10. The molecule has 4 aliphatic rings. The van der Waals surface area contributed by atoms with Crippen LogP contribution >= 0.6 is 12.0 Å². The Kier molecular flexibility index (Phi) is 11.5. The maximum atomic E-state index is 13.6. The molecule has 10 nitrogen and oxygen atoms in total. The summed E-state index contributed by atoms with van der Waals surface area (Å²) in [4.78, 5) is 0. The minimum absolute atomic E-state index is 0.0645. The first kappa shape index (κ1) is 31.9. The molecule has 0 aromatic carbocycles. The maximum absolute atomic E-state index is 13.6. The van der Waals surface area contributed by atoms with Gasteiger partial charge in [-0.25, -0.2) is 13.7 Å². The number of hydrogen-bond donors (Lipinski definition) is 2. The molecule has 0 saturated heterocycles. The van der Waals surface area contributed by atoms with E-state index in [0.29, 0.717) is 43.6 Å². The zero-order valence-electron chi connectivity index (χ0n) is 23.1. The Morgan fingerprint density at radius 3 is 1.87 bits per heavy atom. The van der Waals surface area contributed by atoms with E-state index in [0.717, 1.165) is 50.6 Å². The van der Waals surface area contributed by atoms with Crippen molar-refractivity contribution in [1.82, 2.24) is 0 Å². The highest BCUT2D eigenvalue weighted by Crippen LogP contribution is 2.43. The van der Waals surface area contributed by atoms with Gasteiger partial charge in [0.15, 0.2) is 9.84 Å². The molecule has 4 aliphatic carbocycles. The molecule has 4 fully saturated rings. The van der Waals surface area contributed by atoms with Gasteiger partial charge < -0.3 is 9.47 Å². The number of rotatable bonds is 10. The van der Waals surface area contributed by atoms with Crippen LogP contribution in [0.15, 0.2) is 0 Å². The van der Waals surface area contributed by atoms with Crippen molar-refractivity contribution in [2.75, 3.05) is 7.11 Å². The second-order valence-corrected chi connectivity index (χ2v) is 17.3. The van der Waals surface area contributed by atoms with E-state index in [4.69, 9.17) is 14.7 Å². The van der Waals surface area contributed by atoms with Gasteiger partial charge in [-0.3, -0.25) is 4.55 Å². The summed E-state index contributed by atoms with van der Waals surface area (Å²) in [6.07, 6.45) is 10.0. The summed E-state index contributed by atoms with van der Waals surface area (Å²) < 4.78 is 78.6. The van der Waals surface area contributed by atoms with Gasteiger partial charge in [-0.1, -0.05) is 12.0 Å². The third-order valence-electron chi connectivity index (χ3n) is 10.1. The smallest absolute Gasteiger partial charge is 0.270 e. The van der Waals surface area contributed by atoms with Crippen molar-refractivity contribution in [1.29, 1.82) is 0 Å². The average Bonchev–Trinajstić information content (AvgIpc) is 2.92. The molecule has 0 heterocycles. The molecule has 228 valence electrons. The second kappa shape index (κ2) is 14.0. The van der Waals surface area contributed by atoms with E-state index in [1.54, 1.807) is 7.11 Å². The summed E-state index contributed by atoms with van der Waals surface area (Å²) in [6, 6.07) is 0. The van der Waals surface area contributed by atoms with Gasteiger partial charge in [0.1, 0.15) is 5.25 Å². The Morgan fingerprint density at radius 2 is 1.31 bits per heavy atom. The Balaban J connectivity index is 1.33. The predicted octanol–water partition coefficient (Wildman–Crippen LogP) is 4.99. The average molecular weight is 615 g/mol. The molecule has 0 aromatic heterocycles. The SMILES string of the molecule is COC1CCC(C2CCC(OC3CCC(S(=O)(=O)C4CCC(C)C(SOOO)C4)CC3S(=O)(=O)O)CC2)CC1. The van der Waals surface area contributed by atoms with Crippen LogP contribution in [0.3, 0.4) is 0 Å². The summed E-state index contributed by atoms with van der Waals surface area (Å²) in [5.74, 6) is 1.56. The normalized spacial score (nSPS) is 40.8. The van der Waals surface area contributed by atoms with Crippen LogP contribution in [0.5, 0.6) is 0 Å². The van der Waals surface area contributed by atoms with E-state index in [1.807, 2.05) is 6.92 Å². The molecule has 0 bridgehead atoms. The van der Waals surface area contributed by atoms with Crippen LogP contribution < -0.4 is 0 Å². The molecule has 6 unspecified atom stereocenters. The number of sulfone groups is 1. The Morgan fingerprint density at radius 1 is 0.744 bits per heavy atom. The molecular weight excluding hydrogens is 568 g/mol. The largest absolute Gasteiger partial charge is 0.381 e. The molecule has 6 atom stereocenters. The molecule has 39 heavy (non-hydrogen) atoms. The lowest BCUT2D eigenvalue weighted by molar-refractivity contribution is -0.432. The van der Waals surface area contributed by atoms with Crippen molar-refractivity contribution in [2.24, 2.45) is 17.8 Å². The number of ether oxygens (including phenoxy) is 2. The van der Waals surface area contributed by atoms with Crippen LogP contribution in [0.2, 0.25) is 0 Å². The van der Waals surface area contributed by atoms with Gasteiger partial charge in [0.25, 0.3) is 10.1 Å². The quantitative estimate of drug-likeness (QED) is 0.149. The van der Waals surface area contributed by atoms with Crippen LogP contribution in [0.4, 0.5) is 0 Å². The summed E-state index contributed by atoms with van der Waals surface area (Å²) in [6.45, 7) is 2.00. The molecule has 0 aliphatic heterocycles. The van der Waals surface area contributed by atoms with Crippen LogP contribution in [0, 0.1) is 17.8 Å². The predicted molar refractivity (Wildman–Crippen MR) is 148 cm³/mol. The van der Waals surface area contributed by atoms with Crippen LogP contribution in [-0.2, 0) is 38.8 Å². The van der Waals surface area contributed by atoms with E-state index in [9.17, 15) is 21.4 Å². The lowest BCUT2D eigenvalue weighted by Crippen LogP contribution is -2.49. The van der Waals surface area contributed by atoms with E-state index in [1.165, 1.54) is 12.8 Å². The van der Waals surface area contributed by atoms with Crippen molar-refractivity contribution < 1.29 is 45.5 Å². The lowest BCUT2D eigenvalue weighted by atomic mass is 9.72. The van der Waals surface area contributed by atoms with Crippen molar-refractivity contribution in [3.05, 3.63) is 0 Å². The van der Waals surface area contributed by atoms with Crippen molar-refractivity contribution >= 4 is 32.0 Å². The van der Waals surface area contributed by atoms with Gasteiger partial charge in [0.2, 0.25) is 0 Å². The molecule has 0 radical (unpaired) electrons. The minimum atomic E-state index is -4.49. The molecule has 0 aromatic rings. The van der Waals surface area contributed by atoms with Crippen molar-refractivity contribution in [3.8, 4) is 0 Å². The Hall–Kier alpha value is 0.01000. The van der Waals surface area contributed by atoms with Crippen LogP contribution in [-0.4, -0.2) is 73.1 Å². The summed E-state index contributed by atoms with van der Waals surface area (Å²) >= 11 is 0.909. The molecule has 0 amide bonds. The van der Waals surface area contributed by atoms with E-state index in [2.05, 4.69) is 9.37 Å². The number of hydrogen-bond acceptors (Lipinski definition) is 10. The topological polar surface area (TPSA) is 146 Å². The third-order valence-corrected chi connectivity index (χ3v) is 15.1. The lowest BCUT2D eigenvalue weighted by Gasteiger charge is -2.41. The fraction of sp³-hybridized carbons (Fsp3) is 1.00. The van der Waals surface area contributed by atoms with E-state index < -0.39 is 41.8 Å². The molecule has 13 heteroatoms. The van der Waals surface area contributed by atoms with Crippen LogP contribution in [0.25, 0.3) is 0 Å². The van der Waals surface area contributed by atoms with Gasteiger partial charge in [-0.15, -0.1) is 4.33 Å². The first-order chi connectivity index (χ1) is 18.5. The fourth-order valence-electron chi connectivity index (χ4n) is 7.59. The van der Waals surface area contributed by atoms with Crippen LogP contribution in [0.1, 0.15) is 96.8 Å². The highest BCUT2D eigenvalue weighted by Gasteiger charge is 2.47. The zero-order chi connectivity index (χ0) is 28.2. The van der Waals surface area contributed by atoms with Gasteiger partial charge in [0.05, 0.1) is 28.8 Å². The summed E-state index contributed by atoms with van der Waals surface area (Å²) in [7, 11) is -6.36. The van der Waals surface area contributed by atoms with E-state index >= 15 is 0 Å². The fourth-order valence-corrected chi connectivity index (χ4v) is 12.1. The monoisotopic (exact) mass is 614 g/mol. The number of methoxy groups -OCH3 is 1. The molecule has 0 spiro atoms. The molecular formula is C26H46O10S3. The van der Waals surface area contributed by atoms with Gasteiger partial charge >= 0.3 is 0 Å². The van der Waals surface area contributed by atoms with E-state index in [-0.39, 0.29) is 30.1 Å². The Labute approximate surface area is 238 Å². The first-order valence-electron chi connectivity index (χ1n) is 14.5. The van der Waals surface area contributed by atoms with Gasteiger partial charge in [-0.2, -0.15) is 8.42 Å². The maximum Gasteiger partial charge on any atom is 0.270 e. The minimum Gasteiger partial charge on any atom is -0.381 e. The zero-order valence-corrected chi connectivity index (χ0v) is 25.5. The molecule has 2 N–H and O–H groups in total. The Bertz CT molecular complexity index is 974. The summed E-state index contributed by atoms with van der Waals surface area (Å²) in [5.41, 5.74) is 0. The molecule has 4 saturated carbocycles. The highest BCUT2D eigenvalue weighted by atomic mass is 32.2. The highest BCUT2D eigenvalue weighted by molar-refractivity contribution is 7.95. The first-order valence-corrected chi connectivity index (χ1v) is 18.5. The molecule has 4 rings (SSSR count). The summed E-state index contributed by atoms with van der Waals surface area (Å²) in [5, 5.41) is 9.30.